The highest BCUT2D eigenvalue weighted by Gasteiger charge is 2.58. The molecule has 0 amide bonds. The predicted octanol–water partition coefficient (Wildman–Crippen LogP) is 6.15. The van der Waals surface area contributed by atoms with E-state index in [1.165, 1.54) is 5.56 Å². The molecule has 2 radical (unpaired) electrons. The molecule has 0 N–H and O–H groups in total. The van der Waals surface area contributed by atoms with Crippen LogP contribution in [0.4, 0.5) is 0 Å². The first kappa shape index (κ1) is 19.9. The third-order valence-corrected chi connectivity index (χ3v) is 33.8. The first-order valence-corrected chi connectivity index (χ1v) is 19.9. The van der Waals surface area contributed by atoms with E-state index in [2.05, 4.69) is 101 Å². The van der Waals surface area contributed by atoms with Gasteiger partial charge in [-0.2, -0.15) is 0 Å². The van der Waals surface area contributed by atoms with Gasteiger partial charge in [-0.1, -0.05) is 101 Å². The highest BCUT2D eigenvalue weighted by Crippen LogP contribution is 2.52. The van der Waals surface area contributed by atoms with Gasteiger partial charge in [-0.25, -0.2) is 0 Å². The Morgan fingerprint density at radius 3 is 1.50 bits per heavy atom. The molecular weight excluding hydrogens is 329 g/mol. The fourth-order valence-electron chi connectivity index (χ4n) is 4.85. The molecule has 22 heavy (non-hydrogen) atoms. The van der Waals surface area contributed by atoms with Crippen molar-refractivity contribution < 1.29 is 0 Å². The Balaban J connectivity index is 3.25. The molecule has 0 saturated heterocycles. The molecule has 0 aliphatic rings. The van der Waals surface area contributed by atoms with E-state index >= 15 is 0 Å². The minimum Gasteiger partial charge on any atom is -0.0986 e. The van der Waals surface area contributed by atoms with Crippen molar-refractivity contribution in [1.82, 2.24) is 0 Å². The van der Waals surface area contributed by atoms with E-state index in [-0.39, 0.29) is 0 Å². The van der Waals surface area contributed by atoms with E-state index in [4.69, 9.17) is 0 Å². The van der Waals surface area contributed by atoms with Gasteiger partial charge in [0, 0.05) is 24.2 Å². The molecule has 1 aromatic rings. The van der Waals surface area contributed by atoms with Crippen LogP contribution in [0.2, 0.25) is 62.8 Å². The van der Waals surface area contributed by atoms with E-state index in [1.54, 1.807) is 0 Å². The predicted molar refractivity (Wildman–Crippen MR) is 114 cm³/mol. The minimum absolute atomic E-state index is 0.651. The second-order valence-electron chi connectivity index (χ2n) is 9.39. The molecule has 0 fully saturated rings. The Hall–Kier alpha value is -0.172. The second kappa shape index (κ2) is 6.75. The summed E-state index contributed by atoms with van der Waals surface area (Å²) < 4.78 is 0.651. The van der Waals surface area contributed by atoms with Crippen LogP contribution in [-0.2, 0) is 0 Å². The fraction of sp³-hybridized carbons (Fsp3) is 0.556. The van der Waals surface area contributed by atoms with E-state index in [0.717, 1.165) is 9.52 Å². The van der Waals surface area contributed by atoms with Crippen molar-refractivity contribution in [2.24, 2.45) is 0 Å². The van der Waals surface area contributed by atoms with Crippen molar-refractivity contribution in [3.63, 3.8) is 0 Å². The van der Waals surface area contributed by atoms with Crippen molar-refractivity contribution in [3.8, 4) is 0 Å². The highest BCUT2D eigenvalue weighted by molar-refractivity contribution is 7.23. The number of hydrogen-bond acceptors (Lipinski definition) is 0. The summed E-state index contributed by atoms with van der Waals surface area (Å²) in [4.78, 5) is 0. The van der Waals surface area contributed by atoms with Crippen LogP contribution >= 0.6 is 0 Å². The Morgan fingerprint density at radius 1 is 0.727 bits per heavy atom. The van der Waals surface area contributed by atoms with Crippen molar-refractivity contribution in [1.29, 1.82) is 0 Å². The van der Waals surface area contributed by atoms with Crippen molar-refractivity contribution in [2.45, 2.75) is 62.8 Å². The molecule has 0 aliphatic heterocycles. The normalized spacial score (nSPS) is 14.6. The van der Waals surface area contributed by atoms with Gasteiger partial charge in [-0.05, 0) is 9.47 Å². The summed E-state index contributed by atoms with van der Waals surface area (Å²) in [6.07, 6.45) is 2.35. The summed E-state index contributed by atoms with van der Waals surface area (Å²) in [6, 6.07) is 10.8. The van der Waals surface area contributed by atoms with E-state index < -0.39 is 24.2 Å². The average Bonchev–Trinajstić information content (AvgIpc) is 2.31. The number of rotatable bonds is 6. The van der Waals surface area contributed by atoms with Crippen LogP contribution < -0.4 is 0 Å². The monoisotopic (exact) mass is 362 g/mol. The van der Waals surface area contributed by atoms with Crippen LogP contribution in [0.3, 0.4) is 0 Å². The maximum atomic E-state index is 2.62. The van der Waals surface area contributed by atoms with E-state index in [0.29, 0.717) is 3.91 Å². The van der Waals surface area contributed by atoms with Crippen LogP contribution in [0.15, 0.2) is 36.0 Å². The lowest BCUT2D eigenvalue weighted by molar-refractivity contribution is 1.23. The Kier molecular flexibility index (Phi) is 6.10. The van der Waals surface area contributed by atoms with Crippen molar-refractivity contribution in [2.75, 3.05) is 0 Å². The second-order valence-corrected chi connectivity index (χ2v) is 29.5. The fourth-order valence-corrected chi connectivity index (χ4v) is 38.3. The summed E-state index contributed by atoms with van der Waals surface area (Å²) in [5, 5.41) is 0. The SMILES string of the molecule is C[Si](C)(C)C([Si]C=Cc1ccccc1)([Si](C)(C)C)[Si](C)(C)C. The lowest BCUT2D eigenvalue weighted by Gasteiger charge is -2.58. The maximum Gasteiger partial charge on any atom is 0.0683 e. The standard InChI is InChI=1S/C18H34Si4/c1-20(2,3)18(21(4,5)6,22(7,8)9)19-16-15-17-13-11-10-12-14-17/h10-16H,1-9H3. The molecule has 0 saturated carbocycles. The number of benzene rings is 1. The van der Waals surface area contributed by atoms with Gasteiger partial charge in [0.1, 0.15) is 0 Å². The van der Waals surface area contributed by atoms with Gasteiger partial charge in [-0.3, -0.25) is 0 Å². The van der Waals surface area contributed by atoms with Gasteiger partial charge in [-0.15, -0.1) is 0 Å². The van der Waals surface area contributed by atoms with Crippen molar-refractivity contribution in [3.05, 3.63) is 41.6 Å². The van der Waals surface area contributed by atoms with Crippen LogP contribution in [0.5, 0.6) is 0 Å². The lowest BCUT2D eigenvalue weighted by atomic mass is 10.2. The zero-order valence-corrected chi connectivity index (χ0v) is 20.0. The van der Waals surface area contributed by atoms with Crippen LogP contribution in [-0.4, -0.2) is 33.7 Å². The van der Waals surface area contributed by atoms with Gasteiger partial charge in [0.15, 0.2) is 0 Å². The quantitative estimate of drug-likeness (QED) is 0.532. The summed E-state index contributed by atoms with van der Waals surface area (Å²) in [5.74, 6) is 0. The van der Waals surface area contributed by atoms with Gasteiger partial charge in [0.05, 0.1) is 9.52 Å². The van der Waals surface area contributed by atoms with Gasteiger partial charge < -0.3 is 0 Å². The first-order chi connectivity index (χ1) is 9.83. The molecule has 1 rings (SSSR count). The molecule has 0 unspecified atom stereocenters. The molecule has 122 valence electrons. The van der Waals surface area contributed by atoms with Gasteiger partial charge >= 0.3 is 0 Å². The molecule has 4 heteroatoms. The molecule has 0 heterocycles. The first-order valence-electron chi connectivity index (χ1n) is 8.32. The summed E-state index contributed by atoms with van der Waals surface area (Å²) >= 11 is 0. The Bertz CT molecular complexity index is 463. The molecule has 0 atom stereocenters. The Morgan fingerprint density at radius 2 is 1.14 bits per heavy atom. The van der Waals surface area contributed by atoms with E-state index in [1.807, 2.05) is 0 Å². The molecule has 0 nitrogen and oxygen atoms in total. The van der Waals surface area contributed by atoms with E-state index in [9.17, 15) is 0 Å². The molecule has 0 bridgehead atoms. The summed E-state index contributed by atoms with van der Waals surface area (Å²) in [5.41, 5.74) is 3.86. The minimum atomic E-state index is -1.26. The third-order valence-electron chi connectivity index (χ3n) is 4.75. The van der Waals surface area contributed by atoms with Crippen molar-refractivity contribution >= 4 is 39.8 Å². The average molecular weight is 363 g/mol. The maximum absolute atomic E-state index is 2.62. The van der Waals surface area contributed by atoms with Gasteiger partial charge in [0.2, 0.25) is 0 Å². The van der Waals surface area contributed by atoms with Crippen LogP contribution in [0.1, 0.15) is 5.56 Å². The van der Waals surface area contributed by atoms with Crippen LogP contribution in [0, 0.1) is 0 Å². The topological polar surface area (TPSA) is 0 Å². The molecule has 1 aromatic carbocycles. The smallest absolute Gasteiger partial charge is 0.0683 e. The molecular formula is C18H34Si4. The zero-order valence-electron chi connectivity index (χ0n) is 16.0. The van der Waals surface area contributed by atoms with Crippen LogP contribution in [0.25, 0.3) is 6.08 Å². The lowest BCUT2D eigenvalue weighted by Crippen LogP contribution is -2.68. The summed E-state index contributed by atoms with van der Waals surface area (Å²) in [6.45, 7) is 23.6. The molecule has 0 aromatic heterocycles. The number of hydrogen-bond donors (Lipinski definition) is 0. The van der Waals surface area contributed by atoms with Gasteiger partial charge in [0.25, 0.3) is 0 Å². The molecule has 0 aliphatic carbocycles. The third kappa shape index (κ3) is 4.02. The highest BCUT2D eigenvalue weighted by atomic mass is 28.5. The molecule has 0 spiro atoms. The Labute approximate surface area is 144 Å². The summed E-state index contributed by atoms with van der Waals surface area (Å²) in [7, 11) is -2.81. The largest absolute Gasteiger partial charge is 0.0986 e. The zero-order chi connectivity index (χ0) is 17.2.